The molecule has 0 N–H and O–H groups in total. The number of fused-ring (bicyclic) bond motifs is 1. The molecule has 2 bridgehead atoms. The number of ether oxygens (including phenoxy) is 1. The number of rotatable bonds is 2. The van der Waals surface area contributed by atoms with Gasteiger partial charge in [0, 0.05) is 11.5 Å². The average molecular weight is 299 g/mol. The summed E-state index contributed by atoms with van der Waals surface area (Å²) in [6.07, 6.45) is 8.47. The summed E-state index contributed by atoms with van der Waals surface area (Å²) >= 11 is 0. The topological polar surface area (TPSA) is 12.5 Å². The number of hydrogen-bond donors (Lipinski definition) is 0. The Morgan fingerprint density at radius 2 is 2.09 bits per heavy atom. The number of likely N-dealkylation sites (N-methyl/N-ethyl adjacent to an activating group) is 1. The number of nitrogens with zero attached hydrogens (tertiary/aromatic N) is 1. The van der Waals surface area contributed by atoms with Gasteiger partial charge in [-0.1, -0.05) is 18.9 Å². The standard InChI is InChI=1S/C20H29NO/c1-14(2)22-16-8-7-15-12-19-17-6-4-5-9-20(17,18(15)13-16)10-11-21(19)3/h7-8,13-14,17,19H,4-6,9-12H2,1-3H3/t17-,19+,20+/m0/s1. The maximum atomic E-state index is 6.01. The van der Waals surface area contributed by atoms with Crippen LogP contribution in [0.1, 0.15) is 57.1 Å². The number of benzene rings is 1. The van der Waals surface area contributed by atoms with E-state index in [9.17, 15) is 0 Å². The van der Waals surface area contributed by atoms with Gasteiger partial charge in [0.25, 0.3) is 0 Å². The minimum absolute atomic E-state index is 0.256. The number of likely N-dealkylation sites (tertiary alicyclic amines) is 1. The van der Waals surface area contributed by atoms with Gasteiger partial charge in [0.15, 0.2) is 0 Å². The molecule has 2 aliphatic carbocycles. The zero-order valence-corrected chi connectivity index (χ0v) is 14.3. The molecule has 1 aromatic rings. The van der Waals surface area contributed by atoms with E-state index in [4.69, 9.17) is 4.74 Å². The van der Waals surface area contributed by atoms with Crippen molar-refractivity contribution in [1.29, 1.82) is 0 Å². The Balaban J connectivity index is 1.80. The van der Waals surface area contributed by atoms with Gasteiger partial charge in [0.1, 0.15) is 5.75 Å². The summed E-state index contributed by atoms with van der Waals surface area (Å²) in [4.78, 5) is 2.63. The summed E-state index contributed by atoms with van der Waals surface area (Å²) < 4.78 is 6.01. The fraction of sp³-hybridized carbons (Fsp3) is 0.700. The van der Waals surface area contributed by atoms with Crippen LogP contribution in [0.2, 0.25) is 0 Å². The van der Waals surface area contributed by atoms with Gasteiger partial charge < -0.3 is 9.64 Å². The van der Waals surface area contributed by atoms with Gasteiger partial charge in [-0.15, -0.1) is 0 Å². The van der Waals surface area contributed by atoms with E-state index in [1.807, 2.05) is 0 Å². The Morgan fingerprint density at radius 3 is 2.91 bits per heavy atom. The van der Waals surface area contributed by atoms with Gasteiger partial charge in [0.2, 0.25) is 0 Å². The predicted molar refractivity (Wildman–Crippen MR) is 90.6 cm³/mol. The minimum Gasteiger partial charge on any atom is -0.491 e. The highest BCUT2D eigenvalue weighted by Crippen LogP contribution is 2.55. The Morgan fingerprint density at radius 1 is 1.23 bits per heavy atom. The molecule has 0 radical (unpaired) electrons. The van der Waals surface area contributed by atoms with Crippen LogP contribution in [0.3, 0.4) is 0 Å². The Bertz CT molecular complexity index is 567. The molecule has 22 heavy (non-hydrogen) atoms. The third-order valence-electron chi connectivity index (χ3n) is 6.46. The molecule has 1 saturated heterocycles. The lowest BCUT2D eigenvalue weighted by molar-refractivity contribution is 0.00266. The SMILES string of the molecule is CC(C)Oc1ccc2c(c1)[C@@]13CCCC[C@H]1[C@@H](C2)N(C)CC3. The Labute approximate surface area is 134 Å². The first-order chi connectivity index (χ1) is 10.6. The highest BCUT2D eigenvalue weighted by atomic mass is 16.5. The molecule has 3 atom stereocenters. The summed E-state index contributed by atoms with van der Waals surface area (Å²) in [7, 11) is 2.34. The summed E-state index contributed by atoms with van der Waals surface area (Å²) in [6, 6.07) is 7.70. The van der Waals surface area contributed by atoms with Crippen LogP contribution in [0.25, 0.3) is 0 Å². The molecule has 1 heterocycles. The van der Waals surface area contributed by atoms with E-state index in [1.165, 1.54) is 45.1 Å². The third-order valence-corrected chi connectivity index (χ3v) is 6.46. The molecule has 2 fully saturated rings. The monoisotopic (exact) mass is 299 g/mol. The summed E-state index contributed by atoms with van der Waals surface area (Å²) in [5.41, 5.74) is 3.67. The lowest BCUT2D eigenvalue weighted by Crippen LogP contribution is -2.59. The molecule has 2 heteroatoms. The maximum Gasteiger partial charge on any atom is 0.119 e. The van der Waals surface area contributed by atoms with Crippen LogP contribution >= 0.6 is 0 Å². The van der Waals surface area contributed by atoms with E-state index in [1.54, 1.807) is 11.1 Å². The van der Waals surface area contributed by atoms with E-state index in [0.29, 0.717) is 5.41 Å². The molecule has 0 unspecified atom stereocenters. The van der Waals surface area contributed by atoms with Crippen LogP contribution in [0.15, 0.2) is 18.2 Å². The van der Waals surface area contributed by atoms with Crippen LogP contribution in [0.5, 0.6) is 5.75 Å². The second kappa shape index (κ2) is 5.26. The van der Waals surface area contributed by atoms with Crippen molar-refractivity contribution in [2.75, 3.05) is 13.6 Å². The van der Waals surface area contributed by atoms with Gasteiger partial charge in [-0.05, 0) is 82.3 Å². The van der Waals surface area contributed by atoms with Crippen LogP contribution in [-0.2, 0) is 11.8 Å². The molecule has 0 amide bonds. The van der Waals surface area contributed by atoms with Crippen molar-refractivity contribution in [3.05, 3.63) is 29.3 Å². The van der Waals surface area contributed by atoms with Crippen molar-refractivity contribution in [3.8, 4) is 5.75 Å². The average Bonchev–Trinajstić information content (AvgIpc) is 2.51. The molecule has 1 aromatic carbocycles. The molecule has 120 valence electrons. The summed E-state index contributed by atoms with van der Waals surface area (Å²) in [5, 5.41) is 0. The highest BCUT2D eigenvalue weighted by molar-refractivity contribution is 5.45. The normalized spacial score (nSPS) is 34.2. The zero-order valence-electron chi connectivity index (χ0n) is 14.3. The van der Waals surface area contributed by atoms with Crippen LogP contribution in [0, 0.1) is 5.92 Å². The second-order valence-corrected chi connectivity index (χ2v) is 8.00. The Hall–Kier alpha value is -1.02. The van der Waals surface area contributed by atoms with Crippen LogP contribution in [-0.4, -0.2) is 30.6 Å². The first-order valence-electron chi connectivity index (χ1n) is 9.10. The largest absolute Gasteiger partial charge is 0.491 e. The summed E-state index contributed by atoms with van der Waals surface area (Å²) in [6.45, 7) is 5.50. The van der Waals surface area contributed by atoms with Crippen molar-refractivity contribution in [2.24, 2.45) is 5.92 Å². The molecule has 1 saturated carbocycles. The quantitative estimate of drug-likeness (QED) is 0.813. The van der Waals surface area contributed by atoms with E-state index in [0.717, 1.165) is 17.7 Å². The maximum absolute atomic E-state index is 6.01. The third kappa shape index (κ3) is 2.11. The van der Waals surface area contributed by atoms with Gasteiger partial charge in [-0.3, -0.25) is 0 Å². The van der Waals surface area contributed by atoms with Gasteiger partial charge in [-0.25, -0.2) is 0 Å². The molecule has 4 rings (SSSR count). The predicted octanol–water partition coefficient (Wildman–Crippen LogP) is 4.16. The van der Waals surface area contributed by atoms with Crippen molar-refractivity contribution >= 4 is 0 Å². The smallest absolute Gasteiger partial charge is 0.119 e. The fourth-order valence-electron chi connectivity index (χ4n) is 5.52. The molecule has 1 aliphatic heterocycles. The second-order valence-electron chi connectivity index (χ2n) is 8.00. The van der Waals surface area contributed by atoms with E-state index < -0.39 is 0 Å². The van der Waals surface area contributed by atoms with Gasteiger partial charge in [-0.2, -0.15) is 0 Å². The minimum atomic E-state index is 0.256. The summed E-state index contributed by atoms with van der Waals surface area (Å²) in [5.74, 6) is 1.94. The van der Waals surface area contributed by atoms with Crippen molar-refractivity contribution < 1.29 is 4.74 Å². The zero-order chi connectivity index (χ0) is 15.3. The van der Waals surface area contributed by atoms with Crippen LogP contribution in [0.4, 0.5) is 0 Å². The number of hydrogen-bond acceptors (Lipinski definition) is 2. The fourth-order valence-corrected chi connectivity index (χ4v) is 5.52. The van der Waals surface area contributed by atoms with Gasteiger partial charge in [0.05, 0.1) is 6.10 Å². The molecular formula is C20H29NO. The van der Waals surface area contributed by atoms with Crippen molar-refractivity contribution in [1.82, 2.24) is 4.90 Å². The molecular weight excluding hydrogens is 270 g/mol. The molecule has 3 aliphatic rings. The van der Waals surface area contributed by atoms with Gasteiger partial charge >= 0.3 is 0 Å². The molecule has 0 aromatic heterocycles. The number of piperidine rings is 1. The van der Waals surface area contributed by atoms with E-state index in [2.05, 4.69) is 44.0 Å². The molecule has 0 spiro atoms. The molecule has 2 nitrogen and oxygen atoms in total. The lowest BCUT2D eigenvalue weighted by Gasteiger charge is -2.58. The van der Waals surface area contributed by atoms with Crippen molar-refractivity contribution in [3.63, 3.8) is 0 Å². The Kier molecular flexibility index (Phi) is 3.48. The van der Waals surface area contributed by atoms with E-state index in [-0.39, 0.29) is 6.10 Å². The van der Waals surface area contributed by atoms with E-state index >= 15 is 0 Å². The van der Waals surface area contributed by atoms with Crippen molar-refractivity contribution in [2.45, 2.75) is 69.9 Å². The first kappa shape index (κ1) is 14.6. The lowest BCUT2D eigenvalue weighted by atomic mass is 9.52. The first-order valence-corrected chi connectivity index (χ1v) is 9.10. The van der Waals surface area contributed by atoms with Crippen LogP contribution < -0.4 is 4.74 Å². The highest BCUT2D eigenvalue weighted by Gasteiger charge is 2.53.